The molecular weight excluding hydrogens is 260 g/mol. The number of aliphatic hydroxyl groups is 1. The van der Waals surface area contributed by atoms with Gasteiger partial charge in [-0.25, -0.2) is 4.79 Å². The first-order valence-corrected chi connectivity index (χ1v) is 6.92. The van der Waals surface area contributed by atoms with Gasteiger partial charge in [0.1, 0.15) is 11.5 Å². The average Bonchev–Trinajstić information content (AvgIpc) is 2.38. The fourth-order valence-corrected chi connectivity index (χ4v) is 1.87. The summed E-state index contributed by atoms with van der Waals surface area (Å²) in [5.74, 6) is 0.237. The van der Waals surface area contributed by atoms with Gasteiger partial charge in [0.15, 0.2) is 0 Å². The standard InChI is InChI=1S/C13H24N4O3/c1-4-5-6-17-11(14)10(12(19)16-13(17)20)15-9(7-18)8(2)3/h8-9,15,18H,4-7,14H2,1-3H3,(H,16,19,20). The molecule has 0 radical (unpaired) electrons. The first-order valence-electron chi connectivity index (χ1n) is 6.92. The van der Waals surface area contributed by atoms with E-state index in [0.29, 0.717) is 6.54 Å². The second kappa shape index (κ2) is 7.14. The number of nitrogens with zero attached hydrogens (tertiary/aromatic N) is 1. The van der Waals surface area contributed by atoms with E-state index in [1.54, 1.807) is 0 Å². The average molecular weight is 284 g/mol. The van der Waals surface area contributed by atoms with Crippen molar-refractivity contribution in [3.63, 3.8) is 0 Å². The summed E-state index contributed by atoms with van der Waals surface area (Å²) in [6.45, 7) is 6.19. The van der Waals surface area contributed by atoms with E-state index in [0.717, 1.165) is 12.8 Å². The molecule has 0 fully saturated rings. The number of nitrogens with one attached hydrogen (secondary N) is 2. The molecule has 1 unspecified atom stereocenters. The van der Waals surface area contributed by atoms with Gasteiger partial charge in [0.05, 0.1) is 12.6 Å². The number of nitrogen functional groups attached to an aromatic ring is 1. The molecule has 0 aliphatic rings. The van der Waals surface area contributed by atoms with Gasteiger partial charge in [-0.05, 0) is 12.3 Å². The van der Waals surface area contributed by atoms with Crippen LogP contribution in [0.15, 0.2) is 9.59 Å². The van der Waals surface area contributed by atoms with Gasteiger partial charge in [0.25, 0.3) is 5.56 Å². The number of nitrogens with two attached hydrogens (primary N) is 1. The topological polar surface area (TPSA) is 113 Å². The van der Waals surface area contributed by atoms with Crippen LogP contribution >= 0.6 is 0 Å². The zero-order valence-corrected chi connectivity index (χ0v) is 12.3. The smallest absolute Gasteiger partial charge is 0.330 e. The van der Waals surface area contributed by atoms with Crippen LogP contribution in [0.3, 0.4) is 0 Å². The summed E-state index contributed by atoms with van der Waals surface area (Å²) in [5.41, 5.74) is 5.02. The lowest BCUT2D eigenvalue weighted by Gasteiger charge is -2.22. The Morgan fingerprint density at radius 1 is 1.40 bits per heavy atom. The Morgan fingerprint density at radius 2 is 2.05 bits per heavy atom. The molecule has 1 aromatic rings. The molecule has 7 nitrogen and oxygen atoms in total. The quantitative estimate of drug-likeness (QED) is 0.577. The first-order chi connectivity index (χ1) is 9.42. The van der Waals surface area contributed by atoms with Crippen LogP contribution in [0.1, 0.15) is 33.6 Å². The normalized spacial score (nSPS) is 12.7. The Labute approximate surface area is 117 Å². The van der Waals surface area contributed by atoms with E-state index in [4.69, 9.17) is 5.73 Å². The molecule has 0 saturated carbocycles. The Hall–Kier alpha value is -1.76. The maximum Gasteiger partial charge on any atom is 0.330 e. The van der Waals surface area contributed by atoms with Crippen molar-refractivity contribution in [2.75, 3.05) is 17.7 Å². The van der Waals surface area contributed by atoms with Crippen molar-refractivity contribution in [2.45, 2.75) is 46.2 Å². The van der Waals surface area contributed by atoms with E-state index in [-0.39, 0.29) is 30.1 Å². The molecule has 0 aliphatic carbocycles. The molecule has 114 valence electrons. The summed E-state index contributed by atoms with van der Waals surface area (Å²) in [4.78, 5) is 25.9. The van der Waals surface area contributed by atoms with Gasteiger partial charge in [0.2, 0.25) is 0 Å². The van der Waals surface area contributed by atoms with E-state index in [1.165, 1.54) is 4.57 Å². The largest absolute Gasteiger partial charge is 0.394 e. The van der Waals surface area contributed by atoms with Crippen LogP contribution in [0.25, 0.3) is 0 Å². The summed E-state index contributed by atoms with van der Waals surface area (Å²) in [5, 5.41) is 12.3. The van der Waals surface area contributed by atoms with Crippen LogP contribution in [0, 0.1) is 5.92 Å². The maximum atomic E-state index is 11.9. The highest BCUT2D eigenvalue weighted by molar-refractivity contribution is 5.61. The minimum atomic E-state index is -0.556. The third-order valence-corrected chi connectivity index (χ3v) is 3.31. The third-order valence-electron chi connectivity index (χ3n) is 3.31. The summed E-state index contributed by atoms with van der Waals surface area (Å²) in [6.07, 6.45) is 1.71. The monoisotopic (exact) mass is 284 g/mol. The van der Waals surface area contributed by atoms with E-state index in [9.17, 15) is 14.7 Å². The van der Waals surface area contributed by atoms with Gasteiger partial charge >= 0.3 is 5.69 Å². The maximum absolute atomic E-state index is 11.9. The number of aromatic nitrogens is 2. The summed E-state index contributed by atoms with van der Waals surface area (Å²) < 4.78 is 1.35. The molecule has 0 saturated heterocycles. The zero-order chi connectivity index (χ0) is 15.3. The number of hydrogen-bond acceptors (Lipinski definition) is 5. The molecule has 7 heteroatoms. The number of aliphatic hydroxyl groups excluding tert-OH is 1. The van der Waals surface area contributed by atoms with Crippen LogP contribution in [0.5, 0.6) is 0 Å². The number of unbranched alkanes of at least 4 members (excludes halogenated alkanes) is 1. The van der Waals surface area contributed by atoms with E-state index in [2.05, 4.69) is 10.3 Å². The fourth-order valence-electron chi connectivity index (χ4n) is 1.87. The van der Waals surface area contributed by atoms with Crippen LogP contribution in [-0.4, -0.2) is 27.3 Å². The number of hydrogen-bond donors (Lipinski definition) is 4. The Kier molecular flexibility index (Phi) is 5.82. The highest BCUT2D eigenvalue weighted by atomic mass is 16.3. The molecule has 5 N–H and O–H groups in total. The van der Waals surface area contributed by atoms with Crippen LogP contribution in [0.2, 0.25) is 0 Å². The Balaban J connectivity index is 3.19. The van der Waals surface area contributed by atoms with Gasteiger partial charge < -0.3 is 16.2 Å². The summed E-state index contributed by atoms with van der Waals surface area (Å²) in [6, 6.07) is -0.296. The summed E-state index contributed by atoms with van der Waals surface area (Å²) in [7, 11) is 0. The zero-order valence-electron chi connectivity index (χ0n) is 12.3. The molecule has 20 heavy (non-hydrogen) atoms. The van der Waals surface area contributed by atoms with Gasteiger partial charge in [-0.3, -0.25) is 14.3 Å². The van der Waals surface area contributed by atoms with Crippen molar-refractivity contribution < 1.29 is 5.11 Å². The van der Waals surface area contributed by atoms with Crippen molar-refractivity contribution in [1.29, 1.82) is 0 Å². The molecule has 0 amide bonds. The highest BCUT2D eigenvalue weighted by Crippen LogP contribution is 2.15. The van der Waals surface area contributed by atoms with Crippen molar-refractivity contribution >= 4 is 11.5 Å². The lowest BCUT2D eigenvalue weighted by Crippen LogP contribution is -2.38. The lowest BCUT2D eigenvalue weighted by molar-refractivity contribution is 0.249. The minimum Gasteiger partial charge on any atom is -0.394 e. The second-order valence-electron chi connectivity index (χ2n) is 5.20. The van der Waals surface area contributed by atoms with Gasteiger partial charge in [0, 0.05) is 6.54 Å². The fraction of sp³-hybridized carbons (Fsp3) is 0.692. The molecule has 0 spiro atoms. The molecule has 0 aliphatic heterocycles. The first kappa shape index (κ1) is 16.3. The molecule has 1 rings (SSSR count). The third kappa shape index (κ3) is 3.63. The lowest BCUT2D eigenvalue weighted by atomic mass is 10.1. The highest BCUT2D eigenvalue weighted by Gasteiger charge is 2.18. The van der Waals surface area contributed by atoms with E-state index >= 15 is 0 Å². The van der Waals surface area contributed by atoms with Gasteiger partial charge in [-0.15, -0.1) is 0 Å². The van der Waals surface area contributed by atoms with Crippen molar-refractivity contribution in [2.24, 2.45) is 5.92 Å². The van der Waals surface area contributed by atoms with Crippen LogP contribution in [-0.2, 0) is 6.54 Å². The summed E-state index contributed by atoms with van der Waals surface area (Å²) >= 11 is 0. The predicted molar refractivity (Wildman–Crippen MR) is 80.0 cm³/mol. The number of anilines is 2. The van der Waals surface area contributed by atoms with Crippen LogP contribution < -0.4 is 22.3 Å². The number of aromatic amines is 1. The predicted octanol–water partition coefficient (Wildman–Crippen LogP) is 0.348. The number of rotatable bonds is 7. The molecule has 1 aromatic heterocycles. The molecular formula is C13H24N4O3. The SMILES string of the molecule is CCCCn1c(N)c(NC(CO)C(C)C)c(=O)[nH]c1=O. The van der Waals surface area contributed by atoms with Crippen LogP contribution in [0.4, 0.5) is 11.5 Å². The molecule has 0 bridgehead atoms. The Morgan fingerprint density at radius 3 is 2.55 bits per heavy atom. The van der Waals surface area contributed by atoms with Gasteiger partial charge in [-0.2, -0.15) is 0 Å². The van der Waals surface area contributed by atoms with Crippen molar-refractivity contribution in [3.05, 3.63) is 20.8 Å². The van der Waals surface area contributed by atoms with Crippen molar-refractivity contribution in [3.8, 4) is 0 Å². The molecule has 1 heterocycles. The second-order valence-corrected chi connectivity index (χ2v) is 5.20. The molecule has 0 aromatic carbocycles. The van der Waals surface area contributed by atoms with E-state index < -0.39 is 11.2 Å². The Bertz CT molecular complexity index is 548. The van der Waals surface area contributed by atoms with E-state index in [1.807, 2.05) is 20.8 Å². The molecule has 1 atom stereocenters. The van der Waals surface area contributed by atoms with Gasteiger partial charge in [-0.1, -0.05) is 27.2 Å². The van der Waals surface area contributed by atoms with Crippen molar-refractivity contribution in [1.82, 2.24) is 9.55 Å². The number of H-pyrrole nitrogens is 1. The minimum absolute atomic E-state index is 0.117.